The van der Waals surface area contributed by atoms with E-state index in [4.69, 9.17) is 4.74 Å². The highest BCUT2D eigenvalue weighted by Gasteiger charge is 2.16. The van der Waals surface area contributed by atoms with Crippen LogP contribution in [-0.4, -0.2) is 26.6 Å². The lowest BCUT2D eigenvalue weighted by Crippen LogP contribution is -2.30. The van der Waals surface area contributed by atoms with Gasteiger partial charge in [-0.2, -0.15) is 0 Å². The van der Waals surface area contributed by atoms with Crippen molar-refractivity contribution in [2.24, 2.45) is 0 Å². The normalized spacial score (nSPS) is 11.2. The average molecular weight is 425 g/mol. The molecule has 3 rings (SSSR count). The fourth-order valence-electron chi connectivity index (χ4n) is 2.93. The number of nitrogens with one attached hydrogen (secondary N) is 2. The molecule has 0 radical (unpaired) electrons. The van der Waals surface area contributed by atoms with Gasteiger partial charge in [-0.3, -0.25) is 9.52 Å². The summed E-state index contributed by atoms with van der Waals surface area (Å²) in [7, 11) is -3.45. The molecule has 3 aromatic carbocycles. The van der Waals surface area contributed by atoms with E-state index in [9.17, 15) is 13.2 Å². The number of hydrogen-bond donors (Lipinski definition) is 2. The minimum Gasteiger partial charge on any atom is -0.457 e. The molecular formula is C23H24N2O4S. The van der Waals surface area contributed by atoms with Gasteiger partial charge in [0, 0.05) is 17.3 Å². The highest BCUT2D eigenvalue weighted by Crippen LogP contribution is 2.30. The van der Waals surface area contributed by atoms with Gasteiger partial charge in [0.15, 0.2) is 0 Å². The molecule has 2 N–H and O–H groups in total. The predicted molar refractivity (Wildman–Crippen MR) is 119 cm³/mol. The lowest BCUT2D eigenvalue weighted by atomic mass is 9.98. The van der Waals surface area contributed by atoms with Gasteiger partial charge >= 0.3 is 0 Å². The fraction of sp³-hybridized carbons (Fsp3) is 0.174. The van der Waals surface area contributed by atoms with E-state index in [1.807, 2.05) is 68.4 Å². The van der Waals surface area contributed by atoms with Crippen molar-refractivity contribution in [1.29, 1.82) is 0 Å². The summed E-state index contributed by atoms with van der Waals surface area (Å²) in [4.78, 5) is 12.8. The number of rotatable bonds is 7. The summed E-state index contributed by atoms with van der Waals surface area (Å²) < 4.78 is 31.4. The van der Waals surface area contributed by atoms with Gasteiger partial charge in [-0.15, -0.1) is 0 Å². The van der Waals surface area contributed by atoms with Crippen molar-refractivity contribution in [3.8, 4) is 22.6 Å². The van der Waals surface area contributed by atoms with Gasteiger partial charge in [-0.25, -0.2) is 8.42 Å². The third-order valence-corrected chi connectivity index (χ3v) is 4.74. The minimum absolute atomic E-state index is 0.0569. The maximum Gasteiger partial charge on any atom is 0.252 e. The number of ether oxygens (including phenoxy) is 1. The highest BCUT2D eigenvalue weighted by atomic mass is 32.2. The maximum atomic E-state index is 12.8. The molecule has 0 aliphatic rings. The largest absolute Gasteiger partial charge is 0.457 e. The Morgan fingerprint density at radius 2 is 1.53 bits per heavy atom. The Labute approximate surface area is 177 Å². The quantitative estimate of drug-likeness (QED) is 0.578. The Morgan fingerprint density at radius 1 is 0.900 bits per heavy atom. The maximum absolute atomic E-state index is 12.8. The first-order valence-electron chi connectivity index (χ1n) is 9.47. The van der Waals surface area contributed by atoms with Gasteiger partial charge in [0.1, 0.15) is 11.5 Å². The Bertz CT molecular complexity index is 1130. The third kappa shape index (κ3) is 5.84. The minimum atomic E-state index is -3.45. The monoisotopic (exact) mass is 424 g/mol. The number of benzene rings is 3. The zero-order valence-electron chi connectivity index (χ0n) is 17.0. The van der Waals surface area contributed by atoms with Crippen molar-refractivity contribution in [3.05, 3.63) is 78.4 Å². The molecule has 6 nitrogen and oxygen atoms in total. The molecule has 0 aromatic heterocycles. The summed E-state index contributed by atoms with van der Waals surface area (Å²) in [6.07, 6.45) is 1.07. The highest BCUT2D eigenvalue weighted by molar-refractivity contribution is 7.92. The lowest BCUT2D eigenvalue weighted by Gasteiger charge is -2.15. The molecule has 0 aliphatic heterocycles. The van der Waals surface area contributed by atoms with E-state index in [0.717, 1.165) is 17.6 Å². The van der Waals surface area contributed by atoms with Crippen LogP contribution in [0.4, 0.5) is 5.69 Å². The topological polar surface area (TPSA) is 84.5 Å². The van der Waals surface area contributed by atoms with Crippen molar-refractivity contribution in [2.45, 2.75) is 19.9 Å². The first-order chi connectivity index (χ1) is 14.2. The molecule has 3 aromatic rings. The van der Waals surface area contributed by atoms with E-state index in [0.29, 0.717) is 22.6 Å². The SMILES string of the molecule is CC(C)NC(=O)c1cc(NS(C)(=O)=O)ccc1-c1ccc(Oc2ccccc2)cc1. The van der Waals surface area contributed by atoms with Crippen molar-refractivity contribution in [3.63, 3.8) is 0 Å². The van der Waals surface area contributed by atoms with E-state index in [1.165, 1.54) is 0 Å². The standard InChI is InChI=1S/C23H24N2O4S/c1-16(2)24-23(26)22-15-18(25-30(3,27)28)11-14-21(22)17-9-12-20(13-10-17)29-19-7-5-4-6-8-19/h4-16,25H,1-3H3,(H,24,26). The van der Waals surface area contributed by atoms with Gasteiger partial charge in [0.2, 0.25) is 10.0 Å². The average Bonchev–Trinajstić information content (AvgIpc) is 2.68. The molecule has 0 unspecified atom stereocenters. The van der Waals surface area contributed by atoms with Crippen molar-refractivity contribution in [1.82, 2.24) is 5.32 Å². The molecule has 0 bridgehead atoms. The molecule has 0 aliphatic carbocycles. The van der Waals surface area contributed by atoms with E-state index in [1.54, 1.807) is 18.2 Å². The summed E-state index contributed by atoms with van der Waals surface area (Å²) in [6.45, 7) is 3.73. The van der Waals surface area contributed by atoms with Crippen molar-refractivity contribution >= 4 is 21.6 Å². The third-order valence-electron chi connectivity index (χ3n) is 4.13. The van der Waals surface area contributed by atoms with Gasteiger partial charge in [0.25, 0.3) is 5.91 Å². The molecule has 0 heterocycles. The molecular weight excluding hydrogens is 400 g/mol. The Morgan fingerprint density at radius 3 is 2.13 bits per heavy atom. The van der Waals surface area contributed by atoms with E-state index in [-0.39, 0.29) is 11.9 Å². The van der Waals surface area contributed by atoms with E-state index in [2.05, 4.69) is 10.0 Å². The van der Waals surface area contributed by atoms with Crippen molar-refractivity contribution < 1.29 is 17.9 Å². The first-order valence-corrected chi connectivity index (χ1v) is 11.4. The van der Waals surface area contributed by atoms with Crippen LogP contribution in [0.3, 0.4) is 0 Å². The summed E-state index contributed by atoms with van der Waals surface area (Å²) in [5.41, 5.74) is 2.22. The van der Waals surface area contributed by atoms with Crippen LogP contribution in [0, 0.1) is 0 Å². The fourth-order valence-corrected chi connectivity index (χ4v) is 3.48. The zero-order chi connectivity index (χ0) is 21.7. The number of carbonyl (C=O) groups is 1. The number of anilines is 1. The number of sulfonamides is 1. The van der Waals surface area contributed by atoms with Gasteiger partial charge in [-0.05, 0) is 61.4 Å². The second-order valence-corrected chi connectivity index (χ2v) is 8.95. The molecule has 30 heavy (non-hydrogen) atoms. The van der Waals surface area contributed by atoms with E-state index >= 15 is 0 Å². The number of carbonyl (C=O) groups excluding carboxylic acids is 1. The summed E-state index contributed by atoms with van der Waals surface area (Å²) in [6, 6.07) is 21.7. The number of hydrogen-bond acceptors (Lipinski definition) is 4. The van der Waals surface area contributed by atoms with Crippen LogP contribution in [0.25, 0.3) is 11.1 Å². The molecule has 0 atom stereocenters. The lowest BCUT2D eigenvalue weighted by molar-refractivity contribution is 0.0944. The molecule has 0 fully saturated rings. The summed E-state index contributed by atoms with van der Waals surface area (Å²) in [5, 5.41) is 2.86. The van der Waals surface area contributed by atoms with Gasteiger partial charge in [0.05, 0.1) is 6.26 Å². The van der Waals surface area contributed by atoms with Crippen LogP contribution < -0.4 is 14.8 Å². The summed E-state index contributed by atoms with van der Waals surface area (Å²) in [5.74, 6) is 1.13. The molecule has 7 heteroatoms. The molecule has 0 saturated heterocycles. The Balaban J connectivity index is 1.94. The zero-order valence-corrected chi connectivity index (χ0v) is 17.9. The Hall–Kier alpha value is -3.32. The molecule has 156 valence electrons. The smallest absolute Gasteiger partial charge is 0.252 e. The van der Waals surface area contributed by atoms with Crippen LogP contribution in [0.1, 0.15) is 24.2 Å². The molecule has 0 saturated carbocycles. The first kappa shape index (κ1) is 21.4. The second-order valence-electron chi connectivity index (χ2n) is 7.20. The predicted octanol–water partition coefficient (Wildman–Crippen LogP) is 4.66. The van der Waals surface area contributed by atoms with Crippen LogP contribution in [0.15, 0.2) is 72.8 Å². The van der Waals surface area contributed by atoms with Crippen LogP contribution in [0.5, 0.6) is 11.5 Å². The van der Waals surface area contributed by atoms with Crippen LogP contribution in [0.2, 0.25) is 0 Å². The second kappa shape index (κ2) is 9.00. The van der Waals surface area contributed by atoms with Crippen LogP contribution in [-0.2, 0) is 10.0 Å². The summed E-state index contributed by atoms with van der Waals surface area (Å²) >= 11 is 0. The van der Waals surface area contributed by atoms with Crippen LogP contribution >= 0.6 is 0 Å². The molecule has 1 amide bonds. The van der Waals surface area contributed by atoms with Gasteiger partial charge < -0.3 is 10.1 Å². The van der Waals surface area contributed by atoms with Gasteiger partial charge in [-0.1, -0.05) is 36.4 Å². The number of para-hydroxylation sites is 1. The Kier molecular flexibility index (Phi) is 6.42. The van der Waals surface area contributed by atoms with E-state index < -0.39 is 10.0 Å². The van der Waals surface area contributed by atoms with Crippen molar-refractivity contribution in [2.75, 3.05) is 11.0 Å². The number of amides is 1. The molecule has 0 spiro atoms.